The second-order valence-corrected chi connectivity index (χ2v) is 10.7. The van der Waals surface area contributed by atoms with Gasteiger partial charge in [-0.15, -0.1) is 0 Å². The van der Waals surface area contributed by atoms with Crippen molar-refractivity contribution < 1.29 is 8.42 Å². The summed E-state index contributed by atoms with van der Waals surface area (Å²) in [5, 5.41) is 6.60. The van der Waals surface area contributed by atoms with E-state index in [-0.39, 0.29) is 5.75 Å². The normalized spacial score (nSPS) is 19.9. The van der Waals surface area contributed by atoms with Gasteiger partial charge in [-0.1, -0.05) is 6.07 Å². The largest absolute Gasteiger partial charge is 0.356 e. The number of guanidine groups is 1. The molecular formula is C19H32N6O2S2. The minimum absolute atomic E-state index is 0.0931. The van der Waals surface area contributed by atoms with Crippen LogP contribution in [-0.4, -0.2) is 86.7 Å². The molecule has 0 unspecified atom stereocenters. The van der Waals surface area contributed by atoms with Crippen molar-refractivity contribution in [3.05, 3.63) is 23.9 Å². The van der Waals surface area contributed by atoms with Gasteiger partial charge in [-0.05, 0) is 31.9 Å². The molecule has 10 heteroatoms. The minimum atomic E-state index is -3.20. The Morgan fingerprint density at radius 2 is 1.97 bits per heavy atom. The van der Waals surface area contributed by atoms with Crippen LogP contribution < -0.4 is 15.5 Å². The van der Waals surface area contributed by atoms with Gasteiger partial charge in [0.05, 0.1) is 5.75 Å². The van der Waals surface area contributed by atoms with Crippen LogP contribution in [0.5, 0.6) is 0 Å². The van der Waals surface area contributed by atoms with E-state index >= 15 is 0 Å². The highest BCUT2D eigenvalue weighted by Crippen LogP contribution is 2.18. The zero-order chi connectivity index (χ0) is 20.7. The molecule has 0 radical (unpaired) electrons. The average Bonchev–Trinajstić information content (AvgIpc) is 2.74. The molecule has 2 aliphatic rings. The molecule has 29 heavy (non-hydrogen) atoms. The van der Waals surface area contributed by atoms with Crippen molar-refractivity contribution in [3.8, 4) is 0 Å². The van der Waals surface area contributed by atoms with Crippen LogP contribution in [-0.2, 0) is 10.0 Å². The Balaban J connectivity index is 1.41. The molecule has 0 atom stereocenters. The minimum Gasteiger partial charge on any atom is -0.356 e. The molecule has 2 saturated heterocycles. The first-order chi connectivity index (χ1) is 14.0. The maximum Gasteiger partial charge on any atom is 0.215 e. The number of anilines is 1. The number of aliphatic imine (C=N–C) groups is 1. The molecule has 0 spiro atoms. The molecule has 0 saturated carbocycles. The molecule has 0 amide bonds. The number of aryl methyl sites for hydroxylation is 1. The van der Waals surface area contributed by atoms with Gasteiger partial charge in [-0.25, -0.2) is 17.7 Å². The first kappa shape index (κ1) is 22.2. The van der Waals surface area contributed by atoms with Crippen molar-refractivity contribution in [2.45, 2.75) is 25.8 Å². The molecule has 3 heterocycles. The lowest BCUT2D eigenvalue weighted by Gasteiger charge is -2.34. The van der Waals surface area contributed by atoms with E-state index in [9.17, 15) is 8.42 Å². The van der Waals surface area contributed by atoms with Gasteiger partial charge in [0, 0.05) is 63.0 Å². The number of aromatic nitrogens is 1. The summed E-state index contributed by atoms with van der Waals surface area (Å²) in [6.07, 6.45) is 1.97. The average molecular weight is 441 g/mol. The molecule has 0 aromatic carbocycles. The maximum atomic E-state index is 12.4. The Bertz CT molecular complexity index is 788. The van der Waals surface area contributed by atoms with Gasteiger partial charge in [0.15, 0.2) is 5.96 Å². The van der Waals surface area contributed by atoms with Crippen molar-refractivity contribution in [2.75, 3.05) is 61.9 Å². The third kappa shape index (κ3) is 6.48. The van der Waals surface area contributed by atoms with Crippen LogP contribution >= 0.6 is 11.8 Å². The van der Waals surface area contributed by atoms with Crippen LogP contribution in [0.2, 0.25) is 0 Å². The van der Waals surface area contributed by atoms with E-state index in [4.69, 9.17) is 0 Å². The number of pyridine rings is 1. The fourth-order valence-electron chi connectivity index (χ4n) is 3.60. The number of sulfonamides is 1. The molecule has 162 valence electrons. The van der Waals surface area contributed by atoms with E-state index in [0.717, 1.165) is 48.9 Å². The lowest BCUT2D eigenvalue weighted by atomic mass is 10.1. The number of hydrogen-bond acceptors (Lipinski definition) is 6. The van der Waals surface area contributed by atoms with E-state index in [1.54, 1.807) is 11.4 Å². The van der Waals surface area contributed by atoms with Gasteiger partial charge in [0.25, 0.3) is 0 Å². The molecule has 0 bridgehead atoms. The first-order valence-corrected chi connectivity index (χ1v) is 13.0. The summed E-state index contributed by atoms with van der Waals surface area (Å²) in [7, 11) is -1.48. The second-order valence-electron chi connectivity index (χ2n) is 7.37. The molecule has 1 aromatic rings. The summed E-state index contributed by atoms with van der Waals surface area (Å²) in [6, 6.07) is 6.43. The van der Waals surface area contributed by atoms with Gasteiger partial charge < -0.3 is 15.5 Å². The number of hydrogen-bond donors (Lipinski definition) is 2. The van der Waals surface area contributed by atoms with Crippen molar-refractivity contribution in [1.82, 2.24) is 19.9 Å². The van der Waals surface area contributed by atoms with Crippen LogP contribution in [0.3, 0.4) is 0 Å². The Morgan fingerprint density at radius 3 is 2.62 bits per heavy atom. The fourth-order valence-corrected chi connectivity index (χ4v) is 6.09. The Labute approximate surface area is 178 Å². The van der Waals surface area contributed by atoms with E-state index in [1.165, 1.54) is 0 Å². The molecule has 3 rings (SSSR count). The third-order valence-electron chi connectivity index (χ3n) is 5.27. The maximum absolute atomic E-state index is 12.4. The molecule has 2 N–H and O–H groups in total. The zero-order valence-electron chi connectivity index (χ0n) is 17.3. The van der Waals surface area contributed by atoms with Gasteiger partial charge in [-0.2, -0.15) is 11.8 Å². The topological polar surface area (TPSA) is 89.9 Å². The predicted octanol–water partition coefficient (Wildman–Crippen LogP) is 0.902. The Hall–Kier alpha value is -1.52. The van der Waals surface area contributed by atoms with E-state index in [2.05, 4.69) is 31.6 Å². The van der Waals surface area contributed by atoms with Crippen LogP contribution in [0.25, 0.3) is 0 Å². The fraction of sp³-hybridized carbons (Fsp3) is 0.684. The van der Waals surface area contributed by atoms with E-state index < -0.39 is 10.0 Å². The molecule has 2 fully saturated rings. The van der Waals surface area contributed by atoms with E-state index in [0.29, 0.717) is 31.6 Å². The van der Waals surface area contributed by atoms with Crippen molar-refractivity contribution in [1.29, 1.82) is 0 Å². The van der Waals surface area contributed by atoms with Crippen LogP contribution in [0.1, 0.15) is 18.5 Å². The highest BCUT2D eigenvalue weighted by Gasteiger charge is 2.24. The monoisotopic (exact) mass is 440 g/mol. The Kier molecular flexibility index (Phi) is 8.02. The summed E-state index contributed by atoms with van der Waals surface area (Å²) in [4.78, 5) is 11.2. The highest BCUT2D eigenvalue weighted by molar-refractivity contribution is 7.99. The van der Waals surface area contributed by atoms with Crippen LogP contribution in [0.15, 0.2) is 23.2 Å². The molecule has 0 aliphatic carbocycles. The standard InChI is InChI=1S/C19H32N6O2S2/c1-16-4-3-5-18(22-16)24-9-6-17(7-10-24)23-19(20-2)21-8-15-29(26,27)25-11-13-28-14-12-25/h3-5,17H,6-15H2,1-2H3,(H2,20,21,23). The number of thioether (sulfide) groups is 1. The number of rotatable bonds is 6. The summed E-state index contributed by atoms with van der Waals surface area (Å²) < 4.78 is 26.5. The first-order valence-electron chi connectivity index (χ1n) is 10.2. The number of nitrogens with zero attached hydrogens (tertiary/aromatic N) is 4. The summed E-state index contributed by atoms with van der Waals surface area (Å²) >= 11 is 1.81. The second kappa shape index (κ2) is 10.5. The smallest absolute Gasteiger partial charge is 0.215 e. The van der Waals surface area contributed by atoms with Gasteiger partial charge in [0.2, 0.25) is 10.0 Å². The van der Waals surface area contributed by atoms with Crippen molar-refractivity contribution >= 4 is 33.6 Å². The van der Waals surface area contributed by atoms with Gasteiger partial charge in [-0.3, -0.25) is 4.99 Å². The van der Waals surface area contributed by atoms with Crippen LogP contribution in [0, 0.1) is 6.92 Å². The summed E-state index contributed by atoms with van der Waals surface area (Å²) in [5.41, 5.74) is 1.03. The van der Waals surface area contributed by atoms with E-state index in [1.807, 2.05) is 30.8 Å². The summed E-state index contributed by atoms with van der Waals surface area (Å²) in [5.74, 6) is 3.56. The lowest BCUT2D eigenvalue weighted by Crippen LogP contribution is -2.50. The van der Waals surface area contributed by atoms with Crippen molar-refractivity contribution in [3.63, 3.8) is 0 Å². The number of piperidine rings is 1. The highest BCUT2D eigenvalue weighted by atomic mass is 32.2. The van der Waals surface area contributed by atoms with Gasteiger partial charge in [0.1, 0.15) is 5.82 Å². The van der Waals surface area contributed by atoms with Crippen molar-refractivity contribution in [2.24, 2.45) is 4.99 Å². The molecule has 8 nitrogen and oxygen atoms in total. The van der Waals surface area contributed by atoms with Crippen LogP contribution in [0.4, 0.5) is 5.82 Å². The Morgan fingerprint density at radius 1 is 1.24 bits per heavy atom. The lowest BCUT2D eigenvalue weighted by molar-refractivity contribution is 0.442. The molecular weight excluding hydrogens is 408 g/mol. The number of nitrogens with one attached hydrogen (secondary N) is 2. The quantitative estimate of drug-likeness (QED) is 0.502. The van der Waals surface area contributed by atoms with Gasteiger partial charge >= 0.3 is 0 Å². The predicted molar refractivity (Wildman–Crippen MR) is 121 cm³/mol. The molecule has 2 aliphatic heterocycles. The summed E-state index contributed by atoms with van der Waals surface area (Å²) in [6.45, 7) is 5.48. The zero-order valence-corrected chi connectivity index (χ0v) is 18.9. The molecule has 1 aromatic heterocycles. The SMILES string of the molecule is CN=C(NCCS(=O)(=O)N1CCSCC1)NC1CCN(c2cccc(C)n2)CC1. The third-order valence-corrected chi connectivity index (χ3v) is 8.09.